The van der Waals surface area contributed by atoms with Gasteiger partial charge in [0.1, 0.15) is 12.6 Å². The topological polar surface area (TPSA) is 86.8 Å². The van der Waals surface area contributed by atoms with E-state index in [2.05, 4.69) is 5.32 Å². The maximum absolute atomic E-state index is 13.7. The van der Waals surface area contributed by atoms with Crippen LogP contribution in [0.2, 0.25) is 10.0 Å². The van der Waals surface area contributed by atoms with E-state index < -0.39 is 28.5 Å². The Labute approximate surface area is 218 Å². The molecule has 2 amide bonds. The lowest BCUT2D eigenvalue weighted by molar-refractivity contribution is -0.140. The Balaban J connectivity index is 2.49. The molecule has 0 aliphatic carbocycles. The summed E-state index contributed by atoms with van der Waals surface area (Å²) in [6.45, 7) is 7.49. The number of benzene rings is 2. The van der Waals surface area contributed by atoms with Crippen LogP contribution in [-0.2, 0) is 26.2 Å². The van der Waals surface area contributed by atoms with Crippen molar-refractivity contribution in [3.8, 4) is 0 Å². The summed E-state index contributed by atoms with van der Waals surface area (Å²) in [6, 6.07) is 9.63. The monoisotopic (exact) mass is 541 g/mol. The number of carbonyl (C=O) groups is 2. The van der Waals surface area contributed by atoms with Gasteiger partial charge in [-0.15, -0.1) is 0 Å². The summed E-state index contributed by atoms with van der Waals surface area (Å²) in [6.07, 6.45) is 2.17. The number of amides is 2. The number of carbonyl (C=O) groups excluding carboxylic acids is 2. The molecule has 0 aliphatic rings. The van der Waals surface area contributed by atoms with Gasteiger partial charge in [0, 0.05) is 13.1 Å². The smallest absolute Gasteiger partial charge is 0.244 e. The van der Waals surface area contributed by atoms with Crippen molar-refractivity contribution in [2.45, 2.75) is 53.1 Å². The minimum atomic E-state index is -3.79. The highest BCUT2D eigenvalue weighted by Gasteiger charge is 2.32. The van der Waals surface area contributed by atoms with Crippen molar-refractivity contribution in [2.24, 2.45) is 0 Å². The summed E-state index contributed by atoms with van der Waals surface area (Å²) >= 11 is 12.2. The van der Waals surface area contributed by atoms with E-state index in [0.29, 0.717) is 34.3 Å². The Hall–Kier alpha value is -2.29. The number of nitrogens with one attached hydrogen (secondary N) is 1. The van der Waals surface area contributed by atoms with Gasteiger partial charge in [-0.2, -0.15) is 0 Å². The van der Waals surface area contributed by atoms with Gasteiger partial charge < -0.3 is 10.2 Å². The molecule has 0 bridgehead atoms. The van der Waals surface area contributed by atoms with E-state index in [-0.39, 0.29) is 12.5 Å². The van der Waals surface area contributed by atoms with E-state index >= 15 is 0 Å². The van der Waals surface area contributed by atoms with Gasteiger partial charge >= 0.3 is 0 Å². The Bertz CT molecular complexity index is 1170. The molecule has 2 aromatic rings. The average Bonchev–Trinajstić information content (AvgIpc) is 2.79. The molecular formula is C25H33Cl2N3O4S. The number of aryl methyl sites for hydroxylation is 2. The lowest BCUT2D eigenvalue weighted by atomic mass is 10.1. The summed E-state index contributed by atoms with van der Waals surface area (Å²) in [5, 5.41) is 3.55. The molecule has 2 aromatic carbocycles. The second-order valence-electron chi connectivity index (χ2n) is 8.54. The summed E-state index contributed by atoms with van der Waals surface area (Å²) in [7, 11) is -3.79. The minimum absolute atomic E-state index is 0.0676. The fourth-order valence-corrected chi connectivity index (χ4v) is 4.92. The van der Waals surface area contributed by atoms with Crippen LogP contribution in [0.1, 0.15) is 43.4 Å². The number of hydrogen-bond acceptors (Lipinski definition) is 4. The molecule has 0 fully saturated rings. The zero-order chi connectivity index (χ0) is 26.3. The number of anilines is 1. The third kappa shape index (κ3) is 7.85. The van der Waals surface area contributed by atoms with Crippen LogP contribution >= 0.6 is 23.2 Å². The number of halogens is 2. The first-order valence-corrected chi connectivity index (χ1v) is 14.1. The Morgan fingerprint density at radius 3 is 2.29 bits per heavy atom. The van der Waals surface area contributed by atoms with E-state index in [1.54, 1.807) is 31.2 Å². The number of rotatable bonds is 11. The molecule has 35 heavy (non-hydrogen) atoms. The van der Waals surface area contributed by atoms with E-state index in [1.807, 2.05) is 32.9 Å². The van der Waals surface area contributed by atoms with Gasteiger partial charge in [-0.05, 0) is 61.6 Å². The van der Waals surface area contributed by atoms with Crippen LogP contribution in [0, 0.1) is 13.8 Å². The van der Waals surface area contributed by atoms with E-state index in [1.165, 1.54) is 4.90 Å². The molecule has 0 heterocycles. The molecule has 0 saturated carbocycles. The molecule has 10 heteroatoms. The van der Waals surface area contributed by atoms with E-state index in [9.17, 15) is 18.0 Å². The molecule has 7 nitrogen and oxygen atoms in total. The SMILES string of the molecule is CCCNC(=O)[C@H](CC)N(Cc1ccc(Cl)c(Cl)c1)C(=O)CN(c1cc(C)ccc1C)S(C)(=O)=O. The predicted octanol–water partition coefficient (Wildman–Crippen LogP) is 4.71. The van der Waals surface area contributed by atoms with Crippen LogP contribution in [0.4, 0.5) is 5.69 Å². The molecule has 0 saturated heterocycles. The van der Waals surface area contributed by atoms with Crippen molar-refractivity contribution in [1.82, 2.24) is 10.2 Å². The minimum Gasteiger partial charge on any atom is -0.354 e. The molecular weight excluding hydrogens is 509 g/mol. The summed E-state index contributed by atoms with van der Waals surface area (Å²) in [4.78, 5) is 28.1. The van der Waals surface area contributed by atoms with Gasteiger partial charge in [0.2, 0.25) is 21.8 Å². The second kappa shape index (κ2) is 12.6. The number of hydrogen-bond donors (Lipinski definition) is 1. The van der Waals surface area contributed by atoms with Crippen LogP contribution in [-0.4, -0.2) is 50.5 Å². The molecule has 0 spiro atoms. The maximum Gasteiger partial charge on any atom is 0.244 e. The Kier molecular flexibility index (Phi) is 10.4. The fraction of sp³-hybridized carbons (Fsp3) is 0.440. The molecule has 0 radical (unpaired) electrons. The van der Waals surface area contributed by atoms with Crippen LogP contribution in [0.25, 0.3) is 0 Å². The van der Waals surface area contributed by atoms with E-state index in [4.69, 9.17) is 23.2 Å². The van der Waals surface area contributed by atoms with Crippen molar-refractivity contribution >= 4 is 50.7 Å². The van der Waals surface area contributed by atoms with Gasteiger partial charge in [0.05, 0.1) is 22.0 Å². The molecule has 0 aromatic heterocycles. The van der Waals surface area contributed by atoms with Gasteiger partial charge in [-0.25, -0.2) is 8.42 Å². The van der Waals surface area contributed by atoms with Gasteiger partial charge in [-0.1, -0.05) is 55.2 Å². The molecule has 1 N–H and O–H groups in total. The first kappa shape index (κ1) is 28.9. The molecule has 0 aliphatic heterocycles. The lowest BCUT2D eigenvalue weighted by Gasteiger charge is -2.33. The van der Waals surface area contributed by atoms with Crippen molar-refractivity contribution in [1.29, 1.82) is 0 Å². The van der Waals surface area contributed by atoms with Gasteiger partial charge in [0.15, 0.2) is 0 Å². The highest BCUT2D eigenvalue weighted by molar-refractivity contribution is 7.92. The van der Waals surface area contributed by atoms with Crippen LogP contribution < -0.4 is 9.62 Å². The van der Waals surface area contributed by atoms with Crippen molar-refractivity contribution in [3.63, 3.8) is 0 Å². The van der Waals surface area contributed by atoms with Gasteiger partial charge in [-0.3, -0.25) is 13.9 Å². The third-order valence-electron chi connectivity index (χ3n) is 5.58. The largest absolute Gasteiger partial charge is 0.354 e. The number of nitrogens with zero attached hydrogens (tertiary/aromatic N) is 2. The van der Waals surface area contributed by atoms with Crippen molar-refractivity contribution in [2.75, 3.05) is 23.7 Å². The lowest BCUT2D eigenvalue weighted by Crippen LogP contribution is -2.52. The quantitative estimate of drug-likeness (QED) is 0.446. The summed E-state index contributed by atoms with van der Waals surface area (Å²) < 4.78 is 26.6. The van der Waals surface area contributed by atoms with Crippen LogP contribution in [0.5, 0.6) is 0 Å². The van der Waals surface area contributed by atoms with Crippen molar-refractivity contribution in [3.05, 3.63) is 63.1 Å². The highest BCUT2D eigenvalue weighted by atomic mass is 35.5. The normalized spacial score (nSPS) is 12.2. The molecule has 1 atom stereocenters. The first-order chi connectivity index (χ1) is 16.4. The molecule has 0 unspecified atom stereocenters. The maximum atomic E-state index is 13.7. The Morgan fingerprint density at radius 1 is 1.03 bits per heavy atom. The van der Waals surface area contributed by atoms with Crippen molar-refractivity contribution < 1.29 is 18.0 Å². The molecule has 2 rings (SSSR count). The predicted molar refractivity (Wildman–Crippen MR) is 142 cm³/mol. The number of sulfonamides is 1. The fourth-order valence-electron chi connectivity index (χ4n) is 3.70. The third-order valence-corrected chi connectivity index (χ3v) is 7.45. The Morgan fingerprint density at radius 2 is 1.71 bits per heavy atom. The second-order valence-corrected chi connectivity index (χ2v) is 11.3. The van der Waals surface area contributed by atoms with Crippen LogP contribution in [0.15, 0.2) is 36.4 Å². The molecule has 192 valence electrons. The summed E-state index contributed by atoms with van der Waals surface area (Å²) in [5.74, 6) is -0.790. The van der Waals surface area contributed by atoms with Crippen LogP contribution in [0.3, 0.4) is 0 Å². The van der Waals surface area contributed by atoms with E-state index in [0.717, 1.165) is 28.1 Å². The summed E-state index contributed by atoms with van der Waals surface area (Å²) in [5.41, 5.74) is 2.69. The highest BCUT2D eigenvalue weighted by Crippen LogP contribution is 2.26. The first-order valence-electron chi connectivity index (χ1n) is 11.4. The van der Waals surface area contributed by atoms with Gasteiger partial charge in [0.25, 0.3) is 0 Å². The standard InChI is InChI=1S/C25H33Cl2N3O4S/c1-6-12-28-25(32)22(7-2)29(15-19-10-11-20(26)21(27)14-19)24(31)16-30(35(5,33)34)23-13-17(3)8-9-18(23)4/h8-11,13-14,22H,6-7,12,15-16H2,1-5H3,(H,28,32)/t22-/m0/s1. The average molecular weight is 543 g/mol. The zero-order valence-corrected chi connectivity index (χ0v) is 23.1. The zero-order valence-electron chi connectivity index (χ0n) is 20.8.